The van der Waals surface area contributed by atoms with Gasteiger partial charge in [0.1, 0.15) is 5.82 Å². The van der Waals surface area contributed by atoms with E-state index in [1.54, 1.807) is 12.4 Å². The first-order valence-electron chi connectivity index (χ1n) is 6.59. The Bertz CT molecular complexity index is 655. The van der Waals surface area contributed by atoms with Crippen LogP contribution in [0.2, 0.25) is 0 Å². The Morgan fingerprint density at radius 3 is 2.62 bits per heavy atom. The van der Waals surface area contributed by atoms with Crippen molar-refractivity contribution in [3.05, 3.63) is 53.0 Å². The minimum absolute atomic E-state index is 0.0663. The Kier molecular flexibility index (Phi) is 4.37. The van der Waals surface area contributed by atoms with Crippen LogP contribution in [0.5, 0.6) is 0 Å². The molecule has 0 bridgehead atoms. The zero-order valence-electron chi connectivity index (χ0n) is 12.4. The molecule has 0 unspecified atom stereocenters. The van der Waals surface area contributed by atoms with E-state index in [2.05, 4.69) is 15.1 Å². The lowest BCUT2D eigenvalue weighted by atomic mass is 10.1. The highest BCUT2D eigenvalue weighted by Gasteiger charge is 2.16. The van der Waals surface area contributed by atoms with Gasteiger partial charge < -0.3 is 15.8 Å². The number of anilines is 1. The number of amidine groups is 1. The van der Waals surface area contributed by atoms with Crippen LogP contribution in [0.25, 0.3) is 0 Å². The molecule has 0 radical (unpaired) electrons. The van der Waals surface area contributed by atoms with Gasteiger partial charge in [-0.1, -0.05) is 5.16 Å². The zero-order valence-corrected chi connectivity index (χ0v) is 12.4. The van der Waals surface area contributed by atoms with Crippen molar-refractivity contribution >= 4 is 11.7 Å². The minimum Gasteiger partial charge on any atom is -0.409 e. The van der Waals surface area contributed by atoms with Gasteiger partial charge in [-0.2, -0.15) is 0 Å². The molecular formula is C15H19N5O. The van der Waals surface area contributed by atoms with E-state index in [0.29, 0.717) is 17.9 Å². The zero-order chi connectivity index (χ0) is 15.4. The van der Waals surface area contributed by atoms with Gasteiger partial charge in [0.15, 0.2) is 5.84 Å². The fourth-order valence-corrected chi connectivity index (χ4v) is 2.30. The highest BCUT2D eigenvalue weighted by molar-refractivity contribution is 6.02. The maximum absolute atomic E-state index is 8.99. The lowest BCUT2D eigenvalue weighted by Crippen LogP contribution is -2.25. The highest BCUT2D eigenvalue weighted by atomic mass is 16.4. The van der Waals surface area contributed by atoms with Crippen LogP contribution in [0, 0.1) is 13.8 Å². The Hall–Kier alpha value is -2.63. The van der Waals surface area contributed by atoms with Gasteiger partial charge in [-0.3, -0.25) is 4.98 Å². The molecule has 110 valence electrons. The number of oxime groups is 1. The summed E-state index contributed by atoms with van der Waals surface area (Å²) in [5.41, 5.74) is 9.38. The van der Waals surface area contributed by atoms with E-state index in [1.165, 1.54) is 0 Å². The number of aromatic nitrogens is 2. The lowest BCUT2D eigenvalue weighted by Gasteiger charge is -2.22. The summed E-state index contributed by atoms with van der Waals surface area (Å²) < 4.78 is 0. The van der Waals surface area contributed by atoms with Gasteiger partial charge in [0.05, 0.1) is 5.56 Å². The number of hydrogen-bond acceptors (Lipinski definition) is 5. The van der Waals surface area contributed by atoms with Gasteiger partial charge >= 0.3 is 0 Å². The number of pyridine rings is 2. The van der Waals surface area contributed by atoms with Crippen molar-refractivity contribution in [3.8, 4) is 0 Å². The third-order valence-corrected chi connectivity index (χ3v) is 3.22. The third-order valence-electron chi connectivity index (χ3n) is 3.22. The molecule has 3 N–H and O–H groups in total. The van der Waals surface area contributed by atoms with Crippen LogP contribution in [0.15, 0.2) is 35.7 Å². The predicted octanol–water partition coefficient (Wildman–Crippen LogP) is 1.82. The van der Waals surface area contributed by atoms with Crippen LogP contribution in [0.3, 0.4) is 0 Å². The molecular weight excluding hydrogens is 266 g/mol. The van der Waals surface area contributed by atoms with E-state index < -0.39 is 0 Å². The monoisotopic (exact) mass is 285 g/mol. The molecule has 0 aliphatic heterocycles. The molecule has 0 saturated heterocycles. The van der Waals surface area contributed by atoms with Gasteiger partial charge in [0.25, 0.3) is 0 Å². The molecule has 0 spiro atoms. The fraction of sp³-hybridized carbons (Fsp3) is 0.267. The van der Waals surface area contributed by atoms with Crippen molar-refractivity contribution < 1.29 is 5.21 Å². The van der Waals surface area contributed by atoms with Crippen LogP contribution in [0.1, 0.15) is 22.4 Å². The van der Waals surface area contributed by atoms with Crippen molar-refractivity contribution in [2.24, 2.45) is 10.9 Å². The summed E-state index contributed by atoms with van der Waals surface area (Å²) >= 11 is 0. The summed E-state index contributed by atoms with van der Waals surface area (Å²) in [5.74, 6) is 0.760. The van der Waals surface area contributed by atoms with Gasteiger partial charge in [-0.15, -0.1) is 0 Å². The Morgan fingerprint density at radius 2 is 2.00 bits per heavy atom. The maximum Gasteiger partial charge on any atom is 0.174 e. The average Bonchev–Trinajstić information content (AvgIpc) is 2.46. The molecule has 0 amide bonds. The van der Waals surface area contributed by atoms with E-state index in [9.17, 15) is 0 Å². The first-order chi connectivity index (χ1) is 10.0. The second kappa shape index (κ2) is 6.21. The first-order valence-corrected chi connectivity index (χ1v) is 6.59. The molecule has 2 aromatic rings. The summed E-state index contributed by atoms with van der Waals surface area (Å²) in [5, 5.41) is 12.1. The lowest BCUT2D eigenvalue weighted by molar-refractivity contribution is 0.318. The molecule has 0 atom stereocenters. The maximum atomic E-state index is 8.99. The summed E-state index contributed by atoms with van der Waals surface area (Å²) in [4.78, 5) is 10.5. The number of hydrogen-bond donors (Lipinski definition) is 2. The van der Waals surface area contributed by atoms with Gasteiger partial charge in [-0.25, -0.2) is 4.98 Å². The third kappa shape index (κ3) is 3.28. The molecule has 0 fully saturated rings. The summed E-state index contributed by atoms with van der Waals surface area (Å²) in [6.45, 7) is 4.50. The Morgan fingerprint density at radius 1 is 1.33 bits per heavy atom. The van der Waals surface area contributed by atoms with E-state index in [0.717, 1.165) is 16.8 Å². The second-order valence-corrected chi connectivity index (χ2v) is 4.98. The largest absolute Gasteiger partial charge is 0.409 e. The van der Waals surface area contributed by atoms with Gasteiger partial charge in [0.2, 0.25) is 0 Å². The van der Waals surface area contributed by atoms with Crippen LogP contribution < -0.4 is 10.6 Å². The molecule has 0 saturated carbocycles. The van der Waals surface area contributed by atoms with E-state index in [4.69, 9.17) is 10.9 Å². The standard InChI is InChI=1S/C15H19N5O/c1-10-8-11(2)18-15(13(10)14(16)19-21)20(3)9-12-4-6-17-7-5-12/h4-8,21H,9H2,1-3H3,(H2,16,19). The van der Waals surface area contributed by atoms with Crippen molar-refractivity contribution in [1.82, 2.24) is 9.97 Å². The number of aryl methyl sites for hydroxylation is 2. The molecule has 0 aliphatic rings. The minimum atomic E-state index is 0.0663. The molecule has 6 heteroatoms. The number of rotatable bonds is 4. The van der Waals surface area contributed by atoms with Crippen LogP contribution in [-0.2, 0) is 6.54 Å². The number of nitrogens with two attached hydrogens (primary N) is 1. The molecule has 2 aromatic heterocycles. The summed E-state index contributed by atoms with van der Waals surface area (Å²) in [6.07, 6.45) is 3.51. The van der Waals surface area contributed by atoms with Crippen molar-refractivity contribution in [2.45, 2.75) is 20.4 Å². The van der Waals surface area contributed by atoms with E-state index in [1.807, 2.05) is 44.0 Å². The first kappa shape index (κ1) is 14.8. The van der Waals surface area contributed by atoms with Crippen LogP contribution >= 0.6 is 0 Å². The molecule has 6 nitrogen and oxygen atoms in total. The van der Waals surface area contributed by atoms with E-state index >= 15 is 0 Å². The summed E-state index contributed by atoms with van der Waals surface area (Å²) in [6, 6.07) is 5.81. The number of nitrogens with zero attached hydrogens (tertiary/aromatic N) is 4. The van der Waals surface area contributed by atoms with E-state index in [-0.39, 0.29) is 5.84 Å². The molecule has 0 aromatic carbocycles. The topological polar surface area (TPSA) is 87.6 Å². The van der Waals surface area contributed by atoms with Crippen LogP contribution in [0.4, 0.5) is 5.82 Å². The normalized spacial score (nSPS) is 11.5. The van der Waals surface area contributed by atoms with Crippen molar-refractivity contribution in [2.75, 3.05) is 11.9 Å². The molecule has 2 heterocycles. The van der Waals surface area contributed by atoms with Crippen molar-refractivity contribution in [3.63, 3.8) is 0 Å². The SMILES string of the molecule is Cc1cc(C)c(/C(N)=N/O)c(N(C)Cc2ccncc2)n1. The molecule has 2 rings (SSSR count). The molecule has 21 heavy (non-hydrogen) atoms. The fourth-order valence-electron chi connectivity index (χ4n) is 2.30. The van der Waals surface area contributed by atoms with Crippen LogP contribution in [-0.4, -0.2) is 28.1 Å². The smallest absolute Gasteiger partial charge is 0.174 e. The van der Waals surface area contributed by atoms with Gasteiger partial charge in [-0.05, 0) is 43.2 Å². The summed E-state index contributed by atoms with van der Waals surface area (Å²) in [7, 11) is 1.93. The molecule has 0 aliphatic carbocycles. The average molecular weight is 285 g/mol. The Labute approximate surface area is 123 Å². The van der Waals surface area contributed by atoms with Crippen molar-refractivity contribution in [1.29, 1.82) is 0 Å². The predicted molar refractivity (Wildman–Crippen MR) is 82.6 cm³/mol. The second-order valence-electron chi connectivity index (χ2n) is 4.98. The Balaban J connectivity index is 2.42. The quantitative estimate of drug-likeness (QED) is 0.387. The van der Waals surface area contributed by atoms with Gasteiger partial charge in [0, 0.05) is 31.7 Å². The highest BCUT2D eigenvalue weighted by Crippen LogP contribution is 2.23.